The molecular weight excluding hydrogens is 636 g/mol. The van der Waals surface area contributed by atoms with Crippen molar-refractivity contribution in [3.8, 4) is 0 Å². The van der Waals surface area contributed by atoms with Crippen molar-refractivity contribution in [1.29, 1.82) is 0 Å². The maximum Gasteiger partial charge on any atom is 0.306 e. The molecule has 0 aromatic heterocycles. The van der Waals surface area contributed by atoms with Crippen molar-refractivity contribution in [3.05, 3.63) is 72.9 Å². The average Bonchev–Trinajstić information content (AvgIpc) is 3.12. The van der Waals surface area contributed by atoms with Crippen LogP contribution in [0.4, 0.5) is 0 Å². The van der Waals surface area contributed by atoms with Crippen molar-refractivity contribution in [1.82, 2.24) is 0 Å². The molecule has 6 heteroatoms. The second kappa shape index (κ2) is 39.6. The molecule has 1 unspecified atom stereocenters. The van der Waals surface area contributed by atoms with Crippen LogP contribution >= 0.6 is 0 Å². The van der Waals surface area contributed by atoms with E-state index in [2.05, 4.69) is 81.5 Å². The fourth-order valence-electron chi connectivity index (χ4n) is 5.14. The molecule has 0 saturated carbocycles. The summed E-state index contributed by atoms with van der Waals surface area (Å²) in [5.74, 6) is -1.02. The Morgan fingerprint density at radius 2 is 0.843 bits per heavy atom. The Morgan fingerprint density at radius 1 is 0.412 bits per heavy atom. The highest BCUT2D eigenvalue weighted by Crippen LogP contribution is 2.12. The van der Waals surface area contributed by atoms with Gasteiger partial charge in [-0.05, 0) is 70.6 Å². The maximum atomic E-state index is 12.6. The zero-order chi connectivity index (χ0) is 37.3. The molecule has 0 aliphatic carbocycles. The number of carbonyl (C=O) groups excluding carboxylic acids is 3. The van der Waals surface area contributed by atoms with Crippen molar-refractivity contribution in [2.24, 2.45) is 0 Å². The van der Waals surface area contributed by atoms with Gasteiger partial charge in [-0.2, -0.15) is 0 Å². The molecule has 0 fully saturated rings. The summed E-state index contributed by atoms with van der Waals surface area (Å²) >= 11 is 0. The molecule has 290 valence electrons. The molecule has 0 aromatic carbocycles. The van der Waals surface area contributed by atoms with Crippen molar-refractivity contribution >= 4 is 17.9 Å². The molecule has 1 atom stereocenters. The van der Waals surface area contributed by atoms with E-state index in [9.17, 15) is 14.4 Å². The van der Waals surface area contributed by atoms with Gasteiger partial charge in [0.1, 0.15) is 13.2 Å². The maximum absolute atomic E-state index is 12.6. The quantitative estimate of drug-likeness (QED) is 0.0282. The zero-order valence-electron chi connectivity index (χ0n) is 32.8. The first-order valence-electron chi connectivity index (χ1n) is 20.4. The van der Waals surface area contributed by atoms with E-state index in [4.69, 9.17) is 14.2 Å². The van der Waals surface area contributed by atoms with Crippen molar-refractivity contribution in [2.45, 2.75) is 181 Å². The van der Waals surface area contributed by atoms with Gasteiger partial charge in [0.05, 0.1) is 0 Å². The van der Waals surface area contributed by atoms with E-state index in [1.165, 1.54) is 32.1 Å². The Labute approximate surface area is 312 Å². The summed E-state index contributed by atoms with van der Waals surface area (Å²) < 4.78 is 16.5. The van der Waals surface area contributed by atoms with Crippen LogP contribution in [0.5, 0.6) is 0 Å². The molecule has 0 aliphatic rings. The third kappa shape index (κ3) is 37.9. The van der Waals surface area contributed by atoms with Gasteiger partial charge in [-0.15, -0.1) is 0 Å². The molecule has 0 N–H and O–H groups in total. The minimum atomic E-state index is -0.805. The normalized spacial score (nSPS) is 12.8. The lowest BCUT2D eigenvalue weighted by Gasteiger charge is -2.18. The second-order valence-electron chi connectivity index (χ2n) is 13.2. The van der Waals surface area contributed by atoms with Gasteiger partial charge in [0, 0.05) is 19.3 Å². The minimum Gasteiger partial charge on any atom is -0.462 e. The van der Waals surface area contributed by atoms with E-state index in [0.717, 1.165) is 96.3 Å². The van der Waals surface area contributed by atoms with E-state index in [0.29, 0.717) is 19.3 Å². The summed E-state index contributed by atoms with van der Waals surface area (Å²) in [6, 6.07) is 0. The van der Waals surface area contributed by atoms with Crippen molar-refractivity contribution < 1.29 is 28.6 Å². The lowest BCUT2D eigenvalue weighted by molar-refractivity contribution is -0.166. The Morgan fingerprint density at radius 3 is 1.39 bits per heavy atom. The fourth-order valence-corrected chi connectivity index (χ4v) is 5.14. The summed E-state index contributed by atoms with van der Waals surface area (Å²) in [7, 11) is 0. The van der Waals surface area contributed by atoms with Gasteiger partial charge in [-0.25, -0.2) is 0 Å². The molecule has 0 aromatic rings. The van der Waals surface area contributed by atoms with Crippen molar-refractivity contribution in [2.75, 3.05) is 13.2 Å². The largest absolute Gasteiger partial charge is 0.462 e. The number of carbonyl (C=O) groups is 3. The van der Waals surface area contributed by atoms with Crippen LogP contribution in [-0.2, 0) is 28.6 Å². The third-order valence-electron chi connectivity index (χ3n) is 8.19. The molecule has 0 saturated heterocycles. The monoisotopic (exact) mass is 711 g/mol. The second-order valence-corrected chi connectivity index (χ2v) is 13.2. The van der Waals surface area contributed by atoms with Gasteiger partial charge in [-0.1, -0.05) is 158 Å². The first-order chi connectivity index (χ1) is 25.0. The summed E-state index contributed by atoms with van der Waals surface area (Å²) in [4.78, 5) is 37.4. The number of unbranched alkanes of at least 4 members (excludes halogenated alkanes) is 12. The molecule has 0 radical (unpaired) electrons. The average molecular weight is 711 g/mol. The van der Waals surface area contributed by atoms with E-state index >= 15 is 0 Å². The number of esters is 3. The highest BCUT2D eigenvalue weighted by Gasteiger charge is 2.19. The van der Waals surface area contributed by atoms with Crippen LogP contribution in [0.2, 0.25) is 0 Å². The Balaban J connectivity index is 4.49. The molecule has 0 rings (SSSR count). The number of rotatable bonds is 35. The smallest absolute Gasteiger partial charge is 0.306 e. The number of allylic oxidation sites excluding steroid dienone is 12. The lowest BCUT2D eigenvalue weighted by atomic mass is 10.1. The topological polar surface area (TPSA) is 78.9 Å². The molecule has 6 nitrogen and oxygen atoms in total. The molecule has 0 spiro atoms. The summed E-state index contributed by atoms with van der Waals surface area (Å²) in [5, 5.41) is 0. The third-order valence-corrected chi connectivity index (χ3v) is 8.19. The first-order valence-corrected chi connectivity index (χ1v) is 20.4. The molecule has 0 amide bonds. The van der Waals surface area contributed by atoms with Gasteiger partial charge in [0.25, 0.3) is 0 Å². The predicted octanol–water partition coefficient (Wildman–Crippen LogP) is 12.7. The fraction of sp³-hybridized carbons (Fsp3) is 0.667. The SMILES string of the molecule is CC/C=C\C/C=C\C/C=C\C/C=C\CCC(=O)OCC(COC(=O)CCCCCCCCC)OC(=O)CCCCCCC/C=C\C/C=C\CCC. The Hall–Kier alpha value is -3.15. The number of hydrogen-bond acceptors (Lipinski definition) is 6. The zero-order valence-corrected chi connectivity index (χ0v) is 32.8. The number of hydrogen-bond donors (Lipinski definition) is 0. The Kier molecular flexibility index (Phi) is 37.2. The summed E-state index contributed by atoms with van der Waals surface area (Å²) in [6.07, 6.45) is 47.6. The molecule has 0 aliphatic heterocycles. The van der Waals surface area contributed by atoms with Gasteiger partial charge in [0.2, 0.25) is 0 Å². The highest BCUT2D eigenvalue weighted by molar-refractivity contribution is 5.71. The van der Waals surface area contributed by atoms with E-state index in [-0.39, 0.29) is 37.5 Å². The summed E-state index contributed by atoms with van der Waals surface area (Å²) in [5.41, 5.74) is 0. The van der Waals surface area contributed by atoms with E-state index in [1.807, 2.05) is 12.2 Å². The molecular formula is C45H74O6. The van der Waals surface area contributed by atoms with Gasteiger partial charge in [-0.3, -0.25) is 14.4 Å². The van der Waals surface area contributed by atoms with Crippen molar-refractivity contribution in [3.63, 3.8) is 0 Å². The van der Waals surface area contributed by atoms with Crippen LogP contribution in [0.25, 0.3) is 0 Å². The minimum absolute atomic E-state index is 0.104. The number of ether oxygens (including phenoxy) is 3. The van der Waals surface area contributed by atoms with Crippen LogP contribution in [0.3, 0.4) is 0 Å². The molecule has 0 bridgehead atoms. The Bertz CT molecular complexity index is 1000. The van der Waals surface area contributed by atoms with Crippen LogP contribution in [0, 0.1) is 0 Å². The summed E-state index contributed by atoms with van der Waals surface area (Å²) in [6.45, 7) is 6.30. The van der Waals surface area contributed by atoms with Gasteiger partial charge >= 0.3 is 17.9 Å². The molecule has 51 heavy (non-hydrogen) atoms. The van der Waals surface area contributed by atoms with Crippen LogP contribution in [0.1, 0.15) is 175 Å². The van der Waals surface area contributed by atoms with Crippen LogP contribution in [0.15, 0.2) is 72.9 Å². The van der Waals surface area contributed by atoms with Gasteiger partial charge < -0.3 is 14.2 Å². The first kappa shape index (κ1) is 47.8. The van der Waals surface area contributed by atoms with Crippen LogP contribution in [-0.4, -0.2) is 37.2 Å². The molecule has 0 heterocycles. The van der Waals surface area contributed by atoms with Gasteiger partial charge in [0.15, 0.2) is 6.10 Å². The van der Waals surface area contributed by atoms with E-state index < -0.39 is 6.10 Å². The van der Waals surface area contributed by atoms with E-state index in [1.54, 1.807) is 0 Å². The standard InChI is InChI=1S/C45H74O6/c1-4-7-10-13-16-18-20-22-24-26-29-32-35-38-44(47)50-41-42(40-49-43(46)37-34-31-28-15-12-9-6-3)51-45(48)39-36-33-30-27-25-23-21-19-17-14-11-8-5-2/h7,10-11,14,16,18-19,21-22,24,29,32,42H,4-6,8-9,12-13,15,17,20,23,25-28,30-31,33-41H2,1-3H3/b10-7-,14-11-,18-16-,21-19-,24-22-,32-29-. The predicted molar refractivity (Wildman–Crippen MR) is 214 cm³/mol. The lowest BCUT2D eigenvalue weighted by Crippen LogP contribution is -2.30. The highest BCUT2D eigenvalue weighted by atomic mass is 16.6. The van der Waals surface area contributed by atoms with Crippen LogP contribution < -0.4 is 0 Å².